The first-order valence-corrected chi connectivity index (χ1v) is 5.48. The fourth-order valence-corrected chi connectivity index (χ4v) is 1.45. The molecular weight excluding hydrogens is 236 g/mol. The van der Waals surface area contributed by atoms with Crippen LogP contribution in [0.2, 0.25) is 0 Å². The number of hydrogen-bond acceptors (Lipinski definition) is 5. The minimum absolute atomic E-state index is 0.0345. The van der Waals surface area contributed by atoms with Crippen LogP contribution in [-0.4, -0.2) is 19.0 Å². The van der Waals surface area contributed by atoms with Gasteiger partial charge in [-0.1, -0.05) is 6.92 Å². The highest BCUT2D eigenvalue weighted by Gasteiger charge is 2.19. The van der Waals surface area contributed by atoms with Gasteiger partial charge in [0.05, 0.1) is 18.4 Å². The van der Waals surface area contributed by atoms with Gasteiger partial charge in [0.25, 0.3) is 5.91 Å². The van der Waals surface area contributed by atoms with E-state index in [1.165, 1.54) is 19.2 Å². The molecule has 6 heteroatoms. The number of carbonyl (C=O) groups is 2. The molecule has 0 bridgehead atoms. The number of nitrogens with two attached hydrogens (primary N) is 2. The molecule has 1 aromatic rings. The number of anilines is 1. The second-order valence-corrected chi connectivity index (χ2v) is 3.65. The zero-order valence-electron chi connectivity index (χ0n) is 10.4. The van der Waals surface area contributed by atoms with Gasteiger partial charge in [-0.3, -0.25) is 9.59 Å². The van der Waals surface area contributed by atoms with E-state index in [1.54, 1.807) is 0 Å². The average Bonchev–Trinajstić information content (AvgIpc) is 2.31. The Kier molecular flexibility index (Phi) is 4.53. The van der Waals surface area contributed by atoms with Crippen LogP contribution in [0.3, 0.4) is 0 Å². The lowest BCUT2D eigenvalue weighted by atomic mass is 10.1. The number of nitrogen functional groups attached to an aromatic ring is 1. The molecule has 6 nitrogen and oxygen atoms in total. The number of primary amides is 1. The molecule has 0 aliphatic heterocycles. The van der Waals surface area contributed by atoms with E-state index in [0.717, 1.165) is 0 Å². The van der Waals surface area contributed by atoms with Crippen molar-refractivity contribution in [2.45, 2.75) is 19.8 Å². The predicted molar refractivity (Wildman–Crippen MR) is 66.5 cm³/mol. The fourth-order valence-electron chi connectivity index (χ4n) is 1.45. The molecule has 1 amide bonds. The number of benzene rings is 1. The zero-order valence-corrected chi connectivity index (χ0v) is 10.4. The number of hydrogen-bond donors (Lipinski definition) is 2. The van der Waals surface area contributed by atoms with E-state index >= 15 is 0 Å². The molecule has 0 unspecified atom stereocenters. The Morgan fingerprint density at radius 1 is 1.28 bits per heavy atom. The van der Waals surface area contributed by atoms with Gasteiger partial charge in [-0.25, -0.2) is 0 Å². The summed E-state index contributed by atoms with van der Waals surface area (Å²) in [6.45, 7) is 1.85. The molecule has 0 aromatic heterocycles. The van der Waals surface area contributed by atoms with Gasteiger partial charge in [-0.2, -0.15) is 0 Å². The van der Waals surface area contributed by atoms with Gasteiger partial charge in [-0.15, -0.1) is 0 Å². The summed E-state index contributed by atoms with van der Waals surface area (Å²) in [5, 5.41) is 0. The predicted octanol–water partition coefficient (Wildman–Crippen LogP) is 1.08. The summed E-state index contributed by atoms with van der Waals surface area (Å²) < 4.78 is 10.1. The largest absolute Gasteiger partial charge is 0.492 e. The molecule has 0 saturated heterocycles. The van der Waals surface area contributed by atoms with Crippen molar-refractivity contribution in [2.24, 2.45) is 5.73 Å². The summed E-state index contributed by atoms with van der Waals surface area (Å²) in [6, 6.07) is 2.87. The molecule has 0 fully saturated rings. The Bertz CT molecular complexity index is 471. The number of methoxy groups -OCH3 is 1. The lowest BCUT2D eigenvalue weighted by Gasteiger charge is -2.13. The van der Waals surface area contributed by atoms with Crippen LogP contribution in [0.4, 0.5) is 5.69 Å². The third kappa shape index (κ3) is 2.91. The highest BCUT2D eigenvalue weighted by Crippen LogP contribution is 2.36. The summed E-state index contributed by atoms with van der Waals surface area (Å²) in [5.41, 5.74) is 11.2. The van der Waals surface area contributed by atoms with Crippen molar-refractivity contribution in [2.75, 3.05) is 12.8 Å². The topological polar surface area (TPSA) is 105 Å². The zero-order chi connectivity index (χ0) is 13.7. The average molecular weight is 252 g/mol. The Hall–Kier alpha value is -2.24. The molecular formula is C12H16N2O4. The molecule has 0 saturated carbocycles. The van der Waals surface area contributed by atoms with Crippen molar-refractivity contribution in [3.05, 3.63) is 17.7 Å². The lowest BCUT2D eigenvalue weighted by Crippen LogP contribution is -2.15. The van der Waals surface area contributed by atoms with Crippen LogP contribution in [0.1, 0.15) is 30.1 Å². The Labute approximate surface area is 105 Å². The molecule has 98 valence electrons. The van der Waals surface area contributed by atoms with Crippen LogP contribution in [-0.2, 0) is 4.79 Å². The molecule has 0 atom stereocenters. The number of ether oxygens (including phenoxy) is 2. The summed E-state index contributed by atoms with van der Waals surface area (Å²) >= 11 is 0. The van der Waals surface area contributed by atoms with E-state index in [-0.39, 0.29) is 29.2 Å². The van der Waals surface area contributed by atoms with Crippen molar-refractivity contribution in [3.63, 3.8) is 0 Å². The van der Waals surface area contributed by atoms with Crippen LogP contribution in [0, 0.1) is 0 Å². The van der Waals surface area contributed by atoms with Gasteiger partial charge in [0.15, 0.2) is 11.5 Å². The molecule has 0 radical (unpaired) electrons. The summed E-state index contributed by atoms with van der Waals surface area (Å²) in [7, 11) is 1.35. The maximum Gasteiger partial charge on any atom is 0.311 e. The van der Waals surface area contributed by atoms with E-state index in [9.17, 15) is 9.59 Å². The molecule has 4 N–H and O–H groups in total. The van der Waals surface area contributed by atoms with Gasteiger partial charge < -0.3 is 20.9 Å². The summed E-state index contributed by atoms with van der Waals surface area (Å²) in [4.78, 5) is 22.7. The number of carbonyl (C=O) groups excluding carboxylic acids is 2. The molecule has 0 aliphatic rings. The van der Waals surface area contributed by atoms with Crippen molar-refractivity contribution in [1.29, 1.82) is 0 Å². The van der Waals surface area contributed by atoms with Crippen LogP contribution < -0.4 is 20.9 Å². The van der Waals surface area contributed by atoms with Gasteiger partial charge in [0.2, 0.25) is 0 Å². The molecule has 18 heavy (non-hydrogen) atoms. The molecule has 0 heterocycles. The van der Waals surface area contributed by atoms with E-state index in [4.69, 9.17) is 20.9 Å². The minimum atomic E-state index is -0.681. The molecule has 0 spiro atoms. The monoisotopic (exact) mass is 252 g/mol. The van der Waals surface area contributed by atoms with Crippen molar-refractivity contribution in [1.82, 2.24) is 0 Å². The number of esters is 1. The number of rotatable bonds is 5. The molecule has 0 aliphatic carbocycles. The van der Waals surface area contributed by atoms with Crippen LogP contribution >= 0.6 is 0 Å². The van der Waals surface area contributed by atoms with E-state index in [2.05, 4.69) is 0 Å². The van der Waals surface area contributed by atoms with Crippen molar-refractivity contribution in [3.8, 4) is 11.5 Å². The second-order valence-electron chi connectivity index (χ2n) is 3.65. The third-order valence-electron chi connectivity index (χ3n) is 2.28. The first-order chi connectivity index (χ1) is 8.51. The third-order valence-corrected chi connectivity index (χ3v) is 2.28. The quantitative estimate of drug-likeness (QED) is 0.463. The fraction of sp³-hybridized carbons (Fsp3) is 0.333. The molecule has 1 aromatic carbocycles. The van der Waals surface area contributed by atoms with E-state index < -0.39 is 11.9 Å². The van der Waals surface area contributed by atoms with E-state index in [0.29, 0.717) is 6.42 Å². The molecule has 1 rings (SSSR count). The van der Waals surface area contributed by atoms with Crippen LogP contribution in [0.15, 0.2) is 12.1 Å². The second kappa shape index (κ2) is 5.90. The van der Waals surface area contributed by atoms with Gasteiger partial charge in [-0.05, 0) is 18.6 Å². The van der Waals surface area contributed by atoms with Crippen molar-refractivity contribution < 1.29 is 19.1 Å². The Balaban J connectivity index is 3.19. The van der Waals surface area contributed by atoms with E-state index in [1.807, 2.05) is 6.92 Å². The SMILES string of the molecule is CCCC(=O)Oc1c(N)ccc(C(N)=O)c1OC. The smallest absolute Gasteiger partial charge is 0.311 e. The minimum Gasteiger partial charge on any atom is -0.492 e. The van der Waals surface area contributed by atoms with Gasteiger partial charge >= 0.3 is 5.97 Å². The van der Waals surface area contributed by atoms with Gasteiger partial charge in [0.1, 0.15) is 0 Å². The number of amides is 1. The first kappa shape index (κ1) is 13.8. The summed E-state index contributed by atoms with van der Waals surface area (Å²) in [6.07, 6.45) is 0.903. The van der Waals surface area contributed by atoms with Crippen LogP contribution in [0.5, 0.6) is 11.5 Å². The lowest BCUT2D eigenvalue weighted by molar-refractivity contribution is -0.134. The summed E-state index contributed by atoms with van der Waals surface area (Å²) in [5.74, 6) is -1.01. The van der Waals surface area contributed by atoms with Crippen LogP contribution in [0.25, 0.3) is 0 Å². The normalized spacial score (nSPS) is 9.89. The highest BCUT2D eigenvalue weighted by molar-refractivity contribution is 5.98. The highest BCUT2D eigenvalue weighted by atomic mass is 16.6. The Morgan fingerprint density at radius 3 is 2.44 bits per heavy atom. The van der Waals surface area contributed by atoms with Gasteiger partial charge in [0, 0.05) is 6.42 Å². The first-order valence-electron chi connectivity index (χ1n) is 5.48. The van der Waals surface area contributed by atoms with Crippen molar-refractivity contribution >= 4 is 17.6 Å². The standard InChI is InChI=1S/C12H16N2O4/c1-3-4-9(15)18-11-8(13)6-5-7(12(14)16)10(11)17-2/h5-6H,3-4,13H2,1-2H3,(H2,14,16). The maximum absolute atomic E-state index is 11.5. The Morgan fingerprint density at radius 2 is 1.94 bits per heavy atom. The maximum atomic E-state index is 11.5.